The van der Waals surface area contributed by atoms with Gasteiger partial charge in [0.15, 0.2) is 5.78 Å². The third-order valence-corrected chi connectivity index (χ3v) is 3.34. The van der Waals surface area contributed by atoms with E-state index in [0.717, 1.165) is 23.1 Å². The molecule has 0 N–H and O–H groups in total. The number of rotatable bonds is 4. The Morgan fingerprint density at radius 1 is 1.00 bits per heavy atom. The SMILES string of the molecule is CCC(C)C(=O)c1ccccc1-c1ccccc1. The molecule has 18 heavy (non-hydrogen) atoms. The van der Waals surface area contributed by atoms with Gasteiger partial charge >= 0.3 is 0 Å². The maximum Gasteiger partial charge on any atom is 0.166 e. The Bertz CT molecular complexity index is 528. The van der Waals surface area contributed by atoms with E-state index in [0.29, 0.717) is 0 Å². The van der Waals surface area contributed by atoms with Crippen molar-refractivity contribution in [2.45, 2.75) is 20.3 Å². The molecule has 1 heteroatoms. The van der Waals surface area contributed by atoms with Crippen LogP contribution < -0.4 is 0 Å². The zero-order valence-electron chi connectivity index (χ0n) is 10.9. The van der Waals surface area contributed by atoms with Crippen LogP contribution in [-0.4, -0.2) is 5.78 Å². The first kappa shape index (κ1) is 12.6. The van der Waals surface area contributed by atoms with E-state index in [1.54, 1.807) is 0 Å². The third kappa shape index (κ3) is 2.51. The summed E-state index contributed by atoms with van der Waals surface area (Å²) in [6.45, 7) is 4.04. The van der Waals surface area contributed by atoms with Crippen LogP contribution in [0.25, 0.3) is 11.1 Å². The Morgan fingerprint density at radius 2 is 1.61 bits per heavy atom. The molecule has 0 aliphatic carbocycles. The van der Waals surface area contributed by atoms with Gasteiger partial charge in [-0.15, -0.1) is 0 Å². The smallest absolute Gasteiger partial charge is 0.166 e. The molecule has 0 aliphatic rings. The Labute approximate surface area is 108 Å². The van der Waals surface area contributed by atoms with E-state index in [4.69, 9.17) is 0 Å². The Hall–Kier alpha value is -1.89. The van der Waals surface area contributed by atoms with E-state index in [2.05, 4.69) is 0 Å². The minimum Gasteiger partial charge on any atom is -0.294 e. The Morgan fingerprint density at radius 3 is 2.28 bits per heavy atom. The summed E-state index contributed by atoms with van der Waals surface area (Å²) in [6, 6.07) is 17.9. The molecule has 1 nitrogen and oxygen atoms in total. The summed E-state index contributed by atoms with van der Waals surface area (Å²) in [7, 11) is 0. The lowest BCUT2D eigenvalue weighted by Gasteiger charge is -2.12. The Balaban J connectivity index is 2.47. The number of carbonyl (C=O) groups is 1. The van der Waals surface area contributed by atoms with Gasteiger partial charge in [-0.05, 0) is 17.5 Å². The first-order chi connectivity index (χ1) is 8.74. The van der Waals surface area contributed by atoms with Crippen LogP contribution in [0, 0.1) is 5.92 Å². The largest absolute Gasteiger partial charge is 0.294 e. The number of Topliss-reactive ketones (excluding diaryl/α,β-unsaturated/α-hetero) is 1. The van der Waals surface area contributed by atoms with Crippen molar-refractivity contribution in [3.63, 3.8) is 0 Å². The predicted molar refractivity (Wildman–Crippen MR) is 75.7 cm³/mol. The second-order valence-electron chi connectivity index (χ2n) is 4.59. The zero-order chi connectivity index (χ0) is 13.0. The summed E-state index contributed by atoms with van der Waals surface area (Å²) in [5.74, 6) is 0.312. The molecule has 0 aliphatic heterocycles. The van der Waals surface area contributed by atoms with E-state index in [-0.39, 0.29) is 11.7 Å². The van der Waals surface area contributed by atoms with Crippen molar-refractivity contribution in [1.82, 2.24) is 0 Å². The van der Waals surface area contributed by atoms with Crippen LogP contribution in [0.3, 0.4) is 0 Å². The fourth-order valence-corrected chi connectivity index (χ4v) is 2.02. The van der Waals surface area contributed by atoms with Gasteiger partial charge in [0, 0.05) is 11.5 Å². The molecule has 92 valence electrons. The van der Waals surface area contributed by atoms with Crippen LogP contribution >= 0.6 is 0 Å². The van der Waals surface area contributed by atoms with E-state index < -0.39 is 0 Å². The molecule has 0 spiro atoms. The number of carbonyl (C=O) groups excluding carboxylic acids is 1. The molecule has 0 heterocycles. The highest BCUT2D eigenvalue weighted by Gasteiger charge is 2.16. The first-order valence-electron chi connectivity index (χ1n) is 6.42. The molecule has 0 saturated heterocycles. The molecule has 2 rings (SSSR count). The fourth-order valence-electron chi connectivity index (χ4n) is 2.02. The molecule has 0 aromatic heterocycles. The quantitative estimate of drug-likeness (QED) is 0.712. The molecule has 2 aromatic rings. The van der Waals surface area contributed by atoms with Gasteiger partial charge in [-0.2, -0.15) is 0 Å². The highest BCUT2D eigenvalue weighted by molar-refractivity contribution is 6.03. The number of ketones is 1. The zero-order valence-corrected chi connectivity index (χ0v) is 10.9. The van der Waals surface area contributed by atoms with Crippen LogP contribution in [0.2, 0.25) is 0 Å². The lowest BCUT2D eigenvalue weighted by atomic mass is 9.91. The molecule has 1 atom stereocenters. The Kier molecular flexibility index (Phi) is 3.93. The van der Waals surface area contributed by atoms with E-state index in [1.807, 2.05) is 68.4 Å². The second kappa shape index (κ2) is 5.63. The van der Waals surface area contributed by atoms with Crippen molar-refractivity contribution in [2.24, 2.45) is 5.92 Å². The lowest BCUT2D eigenvalue weighted by molar-refractivity contribution is 0.0928. The molecular formula is C17H18O. The van der Waals surface area contributed by atoms with Crippen molar-refractivity contribution >= 4 is 5.78 Å². The van der Waals surface area contributed by atoms with E-state index in [1.165, 1.54) is 0 Å². The van der Waals surface area contributed by atoms with Crippen LogP contribution in [-0.2, 0) is 0 Å². The standard InChI is InChI=1S/C17H18O/c1-3-13(2)17(18)16-12-8-7-11-15(16)14-9-5-4-6-10-14/h4-13H,3H2,1-2H3. The molecule has 1 unspecified atom stereocenters. The number of hydrogen-bond acceptors (Lipinski definition) is 1. The van der Waals surface area contributed by atoms with Gasteiger partial charge in [-0.1, -0.05) is 68.4 Å². The normalized spacial score (nSPS) is 12.1. The first-order valence-corrected chi connectivity index (χ1v) is 6.42. The average Bonchev–Trinajstić information content (AvgIpc) is 2.46. The minimum atomic E-state index is 0.0786. The van der Waals surface area contributed by atoms with Gasteiger partial charge in [0.2, 0.25) is 0 Å². The average molecular weight is 238 g/mol. The second-order valence-corrected chi connectivity index (χ2v) is 4.59. The van der Waals surface area contributed by atoms with Crippen molar-refractivity contribution in [3.05, 3.63) is 60.2 Å². The maximum absolute atomic E-state index is 12.4. The summed E-state index contributed by atoms with van der Waals surface area (Å²) in [5, 5.41) is 0. The van der Waals surface area contributed by atoms with Crippen molar-refractivity contribution in [2.75, 3.05) is 0 Å². The highest BCUT2D eigenvalue weighted by atomic mass is 16.1. The van der Waals surface area contributed by atoms with Crippen LogP contribution in [0.4, 0.5) is 0 Å². The van der Waals surface area contributed by atoms with Crippen LogP contribution in [0.15, 0.2) is 54.6 Å². The topological polar surface area (TPSA) is 17.1 Å². The van der Waals surface area contributed by atoms with Gasteiger partial charge < -0.3 is 0 Å². The molecule has 0 saturated carbocycles. The molecule has 0 fully saturated rings. The minimum absolute atomic E-state index is 0.0786. The molecule has 0 amide bonds. The van der Waals surface area contributed by atoms with Gasteiger partial charge in [0.25, 0.3) is 0 Å². The van der Waals surface area contributed by atoms with E-state index >= 15 is 0 Å². The van der Waals surface area contributed by atoms with Gasteiger partial charge in [-0.25, -0.2) is 0 Å². The summed E-state index contributed by atoms with van der Waals surface area (Å²) >= 11 is 0. The van der Waals surface area contributed by atoms with Gasteiger partial charge in [-0.3, -0.25) is 4.79 Å². The van der Waals surface area contributed by atoms with Crippen molar-refractivity contribution < 1.29 is 4.79 Å². The summed E-state index contributed by atoms with van der Waals surface area (Å²) < 4.78 is 0. The van der Waals surface area contributed by atoms with Crippen LogP contribution in [0.1, 0.15) is 30.6 Å². The summed E-state index contributed by atoms with van der Waals surface area (Å²) in [5.41, 5.74) is 2.96. The highest BCUT2D eigenvalue weighted by Crippen LogP contribution is 2.26. The maximum atomic E-state index is 12.4. The predicted octanol–water partition coefficient (Wildman–Crippen LogP) is 4.58. The summed E-state index contributed by atoms with van der Waals surface area (Å²) in [6.07, 6.45) is 0.877. The van der Waals surface area contributed by atoms with Crippen molar-refractivity contribution in [1.29, 1.82) is 0 Å². The van der Waals surface area contributed by atoms with Crippen LogP contribution in [0.5, 0.6) is 0 Å². The molecule has 0 radical (unpaired) electrons. The van der Waals surface area contributed by atoms with Gasteiger partial charge in [0.1, 0.15) is 0 Å². The fraction of sp³-hybridized carbons (Fsp3) is 0.235. The number of hydrogen-bond donors (Lipinski definition) is 0. The monoisotopic (exact) mass is 238 g/mol. The summed E-state index contributed by atoms with van der Waals surface area (Å²) in [4.78, 5) is 12.4. The van der Waals surface area contributed by atoms with Gasteiger partial charge in [0.05, 0.1) is 0 Å². The molecular weight excluding hydrogens is 220 g/mol. The number of benzene rings is 2. The lowest BCUT2D eigenvalue weighted by Crippen LogP contribution is -2.11. The van der Waals surface area contributed by atoms with Crippen molar-refractivity contribution in [3.8, 4) is 11.1 Å². The molecule has 0 bridgehead atoms. The molecule has 2 aromatic carbocycles. The van der Waals surface area contributed by atoms with E-state index in [9.17, 15) is 4.79 Å². The third-order valence-electron chi connectivity index (χ3n) is 3.34.